The van der Waals surface area contributed by atoms with E-state index in [1.165, 1.54) is 11.1 Å². The van der Waals surface area contributed by atoms with Crippen LogP contribution >= 0.6 is 0 Å². The molecule has 0 spiro atoms. The molecule has 2 rings (SSSR count). The lowest BCUT2D eigenvalue weighted by Crippen LogP contribution is -2.31. The minimum Gasteiger partial charge on any atom is -0.384 e. The summed E-state index contributed by atoms with van der Waals surface area (Å²) in [5.41, 5.74) is 4.43. The summed E-state index contributed by atoms with van der Waals surface area (Å²) in [7, 11) is 0. The summed E-state index contributed by atoms with van der Waals surface area (Å²) in [6.45, 7) is 7.45. The molecule has 0 aliphatic carbocycles. The van der Waals surface area contributed by atoms with Crippen LogP contribution in [0.2, 0.25) is 0 Å². The molecule has 1 N–H and O–H groups in total. The molecule has 2 aromatic rings. The van der Waals surface area contributed by atoms with Crippen molar-refractivity contribution in [3.63, 3.8) is 0 Å². The Kier molecular flexibility index (Phi) is 5.59. The summed E-state index contributed by atoms with van der Waals surface area (Å²) in [5.74, 6) is 0.147. The van der Waals surface area contributed by atoms with Gasteiger partial charge in [-0.3, -0.25) is 4.79 Å². The number of carbonyl (C=O) groups excluding carboxylic acids is 1. The first kappa shape index (κ1) is 16.1. The van der Waals surface area contributed by atoms with Gasteiger partial charge in [0.1, 0.15) is 0 Å². The van der Waals surface area contributed by atoms with Crippen molar-refractivity contribution in [3.8, 4) is 0 Å². The predicted octanol–water partition coefficient (Wildman–Crippen LogP) is 4.16. The maximum Gasteiger partial charge on any atom is 0.228 e. The number of amides is 1. The summed E-state index contributed by atoms with van der Waals surface area (Å²) >= 11 is 0. The number of nitrogens with one attached hydrogen (secondary N) is 1. The van der Waals surface area contributed by atoms with E-state index >= 15 is 0 Å². The first-order chi connectivity index (χ1) is 10.6. The number of benzene rings is 2. The second kappa shape index (κ2) is 7.64. The smallest absolute Gasteiger partial charge is 0.228 e. The Morgan fingerprint density at radius 3 is 2.55 bits per heavy atom. The second-order valence-corrected chi connectivity index (χ2v) is 5.47. The number of nitrogens with zero attached hydrogens (tertiary/aromatic N) is 1. The molecule has 116 valence electrons. The molecule has 22 heavy (non-hydrogen) atoms. The Labute approximate surface area is 133 Å². The molecule has 0 aliphatic heterocycles. The number of carbonyl (C=O) groups is 1. The van der Waals surface area contributed by atoms with Crippen LogP contribution in [0.3, 0.4) is 0 Å². The van der Waals surface area contributed by atoms with Gasteiger partial charge in [0.2, 0.25) is 5.91 Å². The monoisotopic (exact) mass is 296 g/mol. The number of para-hydroxylation sites is 1. The lowest BCUT2D eigenvalue weighted by molar-refractivity contribution is -0.118. The van der Waals surface area contributed by atoms with Crippen LogP contribution in [0.25, 0.3) is 0 Å². The summed E-state index contributed by atoms with van der Waals surface area (Å²) in [6, 6.07) is 16.2. The van der Waals surface area contributed by atoms with Gasteiger partial charge in [-0.2, -0.15) is 0 Å². The molecule has 0 unspecified atom stereocenters. The Hall–Kier alpha value is -2.29. The molecule has 0 saturated heterocycles. The zero-order chi connectivity index (χ0) is 15.9. The molecule has 1 amide bonds. The van der Waals surface area contributed by atoms with Crippen LogP contribution in [0.5, 0.6) is 0 Å². The molecule has 2 aromatic carbocycles. The standard InChI is InChI=1S/C19H24N2O/c1-4-21(17-10-7-8-15(2)14-17)19(22)12-13-20-18-11-6-5-9-16(18)3/h5-11,14,20H,4,12-13H2,1-3H3. The van der Waals surface area contributed by atoms with Crippen LogP contribution < -0.4 is 10.2 Å². The molecule has 0 saturated carbocycles. The topological polar surface area (TPSA) is 32.3 Å². The molecule has 0 atom stereocenters. The highest BCUT2D eigenvalue weighted by Gasteiger charge is 2.13. The lowest BCUT2D eigenvalue weighted by atomic mass is 10.2. The third-order valence-corrected chi connectivity index (χ3v) is 3.73. The summed E-state index contributed by atoms with van der Waals surface area (Å²) in [6.07, 6.45) is 0.482. The summed E-state index contributed by atoms with van der Waals surface area (Å²) in [4.78, 5) is 14.3. The van der Waals surface area contributed by atoms with E-state index in [1.54, 1.807) is 0 Å². The van der Waals surface area contributed by atoms with Crippen molar-refractivity contribution in [2.24, 2.45) is 0 Å². The average Bonchev–Trinajstić information content (AvgIpc) is 2.50. The molecule has 3 heteroatoms. The highest BCUT2D eigenvalue weighted by Crippen LogP contribution is 2.17. The van der Waals surface area contributed by atoms with E-state index in [2.05, 4.69) is 24.4 Å². The van der Waals surface area contributed by atoms with E-state index < -0.39 is 0 Å². The van der Waals surface area contributed by atoms with Crippen molar-refractivity contribution in [1.82, 2.24) is 0 Å². The quantitative estimate of drug-likeness (QED) is 0.868. The fourth-order valence-electron chi connectivity index (χ4n) is 2.51. The van der Waals surface area contributed by atoms with Crippen LogP contribution in [0.4, 0.5) is 11.4 Å². The summed E-state index contributed by atoms with van der Waals surface area (Å²) < 4.78 is 0. The number of aryl methyl sites for hydroxylation is 2. The Morgan fingerprint density at radius 1 is 1.09 bits per heavy atom. The first-order valence-corrected chi connectivity index (χ1v) is 7.78. The maximum atomic E-state index is 12.4. The van der Waals surface area contributed by atoms with E-state index in [0.717, 1.165) is 11.4 Å². The van der Waals surface area contributed by atoms with Crippen LogP contribution in [0.1, 0.15) is 24.5 Å². The predicted molar refractivity (Wildman–Crippen MR) is 93.5 cm³/mol. The van der Waals surface area contributed by atoms with Crippen molar-refractivity contribution in [2.45, 2.75) is 27.2 Å². The fraction of sp³-hybridized carbons (Fsp3) is 0.316. The highest BCUT2D eigenvalue weighted by molar-refractivity contribution is 5.93. The second-order valence-electron chi connectivity index (χ2n) is 5.47. The third kappa shape index (κ3) is 4.10. The maximum absolute atomic E-state index is 12.4. The fourth-order valence-corrected chi connectivity index (χ4v) is 2.51. The van der Waals surface area contributed by atoms with Crippen molar-refractivity contribution in [1.29, 1.82) is 0 Å². The number of hydrogen-bond donors (Lipinski definition) is 1. The van der Waals surface area contributed by atoms with Gasteiger partial charge in [-0.05, 0) is 50.1 Å². The first-order valence-electron chi connectivity index (χ1n) is 7.78. The Balaban J connectivity index is 1.94. The zero-order valence-corrected chi connectivity index (χ0v) is 13.6. The van der Waals surface area contributed by atoms with Gasteiger partial charge in [-0.25, -0.2) is 0 Å². The minimum absolute atomic E-state index is 0.147. The molecule has 0 bridgehead atoms. The van der Waals surface area contributed by atoms with Crippen LogP contribution in [-0.2, 0) is 4.79 Å². The van der Waals surface area contributed by atoms with Crippen LogP contribution in [-0.4, -0.2) is 19.0 Å². The van der Waals surface area contributed by atoms with Gasteiger partial charge < -0.3 is 10.2 Å². The van der Waals surface area contributed by atoms with Crippen molar-refractivity contribution < 1.29 is 4.79 Å². The van der Waals surface area contributed by atoms with E-state index in [0.29, 0.717) is 19.5 Å². The molecule has 3 nitrogen and oxygen atoms in total. The lowest BCUT2D eigenvalue weighted by Gasteiger charge is -2.22. The van der Waals surface area contributed by atoms with Gasteiger partial charge in [-0.15, -0.1) is 0 Å². The van der Waals surface area contributed by atoms with Gasteiger partial charge in [0.25, 0.3) is 0 Å². The van der Waals surface area contributed by atoms with Crippen molar-refractivity contribution >= 4 is 17.3 Å². The Bertz CT molecular complexity index is 637. The number of rotatable bonds is 6. The normalized spacial score (nSPS) is 10.3. The Morgan fingerprint density at radius 2 is 1.86 bits per heavy atom. The van der Waals surface area contributed by atoms with Gasteiger partial charge in [-0.1, -0.05) is 30.3 Å². The highest BCUT2D eigenvalue weighted by atomic mass is 16.2. The van der Waals surface area contributed by atoms with Crippen LogP contribution in [0.15, 0.2) is 48.5 Å². The number of anilines is 2. The number of hydrogen-bond acceptors (Lipinski definition) is 2. The zero-order valence-electron chi connectivity index (χ0n) is 13.6. The molecule has 0 fully saturated rings. The van der Waals surface area contributed by atoms with Gasteiger partial charge in [0, 0.05) is 30.9 Å². The molecule has 0 aliphatic rings. The minimum atomic E-state index is 0.147. The molecule has 0 radical (unpaired) electrons. The largest absolute Gasteiger partial charge is 0.384 e. The SMILES string of the molecule is CCN(C(=O)CCNc1ccccc1C)c1cccc(C)c1. The average molecular weight is 296 g/mol. The molecular weight excluding hydrogens is 272 g/mol. The molecular formula is C19H24N2O. The molecule has 0 heterocycles. The van der Waals surface area contributed by atoms with Crippen molar-refractivity contribution in [2.75, 3.05) is 23.3 Å². The van der Waals surface area contributed by atoms with Crippen LogP contribution in [0, 0.1) is 13.8 Å². The third-order valence-electron chi connectivity index (χ3n) is 3.73. The van der Waals surface area contributed by atoms with Gasteiger partial charge in [0.15, 0.2) is 0 Å². The molecule has 0 aromatic heterocycles. The van der Waals surface area contributed by atoms with E-state index in [-0.39, 0.29) is 5.91 Å². The summed E-state index contributed by atoms with van der Waals surface area (Å²) in [5, 5.41) is 3.34. The van der Waals surface area contributed by atoms with Gasteiger partial charge in [0.05, 0.1) is 0 Å². The van der Waals surface area contributed by atoms with E-state index in [4.69, 9.17) is 0 Å². The van der Waals surface area contributed by atoms with E-state index in [1.807, 2.05) is 55.1 Å². The van der Waals surface area contributed by atoms with E-state index in [9.17, 15) is 4.79 Å². The van der Waals surface area contributed by atoms with Gasteiger partial charge >= 0.3 is 0 Å². The van der Waals surface area contributed by atoms with Crippen molar-refractivity contribution in [3.05, 3.63) is 59.7 Å².